The molecule has 33 heavy (non-hydrogen) atoms. The fraction of sp³-hybridized carbons (Fsp3) is 0.444. The molecule has 0 spiro atoms. The number of rotatable bonds is 5. The number of hydrogen-bond acceptors (Lipinski definition) is 8. The van der Waals surface area contributed by atoms with Crippen LogP contribution in [0.2, 0.25) is 0 Å². The van der Waals surface area contributed by atoms with Crippen LogP contribution < -0.4 is 4.52 Å². The Kier molecular flexibility index (Phi) is 6.09. The number of phosphoric acid groups is 1. The molecule has 0 saturated carbocycles. The molecule has 15 heteroatoms. The molecule has 1 saturated heterocycles. The maximum atomic E-state index is 15.0. The van der Waals surface area contributed by atoms with Gasteiger partial charge < -0.3 is 14.4 Å². The minimum atomic E-state index is -4.71. The van der Waals surface area contributed by atoms with E-state index in [0.29, 0.717) is 16.7 Å². The van der Waals surface area contributed by atoms with Crippen LogP contribution in [0.4, 0.5) is 17.6 Å². The van der Waals surface area contributed by atoms with Crippen LogP contribution in [0.25, 0.3) is 0 Å². The number of para-hydroxylation sites is 1. The number of aliphatic hydroxyl groups is 1. The van der Waals surface area contributed by atoms with E-state index in [-0.39, 0.29) is 12.4 Å². The lowest BCUT2D eigenvalue weighted by Crippen LogP contribution is -2.57. The fourth-order valence-electron chi connectivity index (χ4n) is 3.43. The van der Waals surface area contributed by atoms with Gasteiger partial charge in [-0.15, -0.1) is 0 Å². The van der Waals surface area contributed by atoms with E-state index in [1.807, 2.05) is 0 Å². The summed E-state index contributed by atoms with van der Waals surface area (Å²) in [5.74, 6) is -6.61. The van der Waals surface area contributed by atoms with Gasteiger partial charge in [-0.3, -0.25) is 23.5 Å². The van der Waals surface area contributed by atoms with E-state index in [0.717, 1.165) is 0 Å². The number of halogens is 5. The molecule has 4 atom stereocenters. The van der Waals surface area contributed by atoms with Crippen molar-refractivity contribution >= 4 is 31.1 Å². The molecule has 1 unspecified atom stereocenters. The van der Waals surface area contributed by atoms with E-state index >= 15 is 0 Å². The maximum absolute atomic E-state index is 15.0. The van der Waals surface area contributed by atoms with Crippen molar-refractivity contribution in [1.29, 1.82) is 0 Å². The predicted molar refractivity (Wildman–Crippen MR) is 100 cm³/mol. The minimum absolute atomic E-state index is 0.0403. The number of carbonyl (C=O) groups excluding carboxylic acids is 2. The number of ketones is 1. The topological polar surface area (TPSA) is 112 Å². The number of hydrogen-bond donors (Lipinski definition) is 1. The van der Waals surface area contributed by atoms with Crippen LogP contribution in [0.5, 0.6) is 5.75 Å². The van der Waals surface area contributed by atoms with Crippen LogP contribution in [0.15, 0.2) is 35.5 Å². The summed E-state index contributed by atoms with van der Waals surface area (Å²) in [5.41, 5.74) is -3.39. The lowest BCUT2D eigenvalue weighted by molar-refractivity contribution is -0.244. The van der Waals surface area contributed by atoms with Gasteiger partial charge in [-0.05, 0) is 6.07 Å². The standard InChI is InChI=1S/C18H15ClF4NO8P/c19-10-6-24(13(26)5-11(10)25)15-14(27)18(22,23)17(31-15,16(20)21)8-30-33(28)29-7-9-3-1-2-4-12(9)32-33/h1-4,6,14-16,27H,5,7-8H2/t14-,15+,17-,33?/m0/s1. The number of Topliss-reactive ketones (excluding diaryl/α,β-unsaturated/α-hetero) is 1. The van der Waals surface area contributed by atoms with E-state index in [4.69, 9.17) is 29.9 Å². The molecule has 0 aliphatic carbocycles. The van der Waals surface area contributed by atoms with E-state index < -0.39 is 67.9 Å². The number of allylic oxidation sites excluding steroid dienone is 1. The van der Waals surface area contributed by atoms with Crippen molar-refractivity contribution in [1.82, 2.24) is 4.90 Å². The van der Waals surface area contributed by atoms with Gasteiger partial charge >= 0.3 is 13.7 Å². The van der Waals surface area contributed by atoms with Crippen molar-refractivity contribution in [2.24, 2.45) is 0 Å². The Labute approximate surface area is 188 Å². The third-order valence-electron chi connectivity index (χ3n) is 5.28. The molecule has 4 rings (SSSR count). The molecule has 1 amide bonds. The second-order valence-electron chi connectivity index (χ2n) is 7.34. The molecule has 3 heterocycles. The molecule has 0 radical (unpaired) electrons. The van der Waals surface area contributed by atoms with E-state index in [1.54, 1.807) is 12.1 Å². The highest BCUT2D eigenvalue weighted by atomic mass is 35.5. The molecule has 1 fully saturated rings. The number of amides is 1. The van der Waals surface area contributed by atoms with E-state index in [9.17, 15) is 36.8 Å². The number of fused-ring (bicyclic) bond motifs is 1. The highest BCUT2D eigenvalue weighted by molar-refractivity contribution is 7.49. The molecular weight excluding hydrogens is 501 g/mol. The summed E-state index contributed by atoms with van der Waals surface area (Å²) < 4.78 is 90.2. The Morgan fingerprint density at radius 1 is 1.30 bits per heavy atom. The Hall–Kier alpha value is -2.02. The Morgan fingerprint density at radius 3 is 2.70 bits per heavy atom. The molecule has 1 aromatic carbocycles. The highest BCUT2D eigenvalue weighted by Gasteiger charge is 2.74. The summed E-state index contributed by atoms with van der Waals surface area (Å²) in [7, 11) is -4.63. The quantitative estimate of drug-likeness (QED) is 0.362. The van der Waals surface area contributed by atoms with Gasteiger partial charge in [0.15, 0.2) is 18.1 Å². The molecule has 3 aliphatic rings. The first kappa shape index (κ1) is 24.1. The van der Waals surface area contributed by atoms with E-state index in [1.165, 1.54) is 12.1 Å². The summed E-state index contributed by atoms with van der Waals surface area (Å²) in [6.45, 7) is -2.04. The maximum Gasteiger partial charge on any atom is 0.530 e. The lowest BCUT2D eigenvalue weighted by Gasteiger charge is -2.34. The minimum Gasteiger partial charge on any atom is -0.404 e. The van der Waals surface area contributed by atoms with Gasteiger partial charge in [0.1, 0.15) is 17.4 Å². The number of aliphatic hydroxyl groups excluding tert-OH is 1. The Bertz CT molecular complexity index is 1070. The second kappa shape index (κ2) is 8.33. The average Bonchev–Trinajstić information content (AvgIpc) is 2.96. The zero-order chi connectivity index (χ0) is 24.2. The molecule has 180 valence electrons. The average molecular weight is 516 g/mol. The fourth-order valence-corrected chi connectivity index (χ4v) is 4.85. The number of ether oxygens (including phenoxy) is 1. The number of nitrogens with zero attached hydrogens (tertiary/aromatic N) is 1. The monoisotopic (exact) mass is 515 g/mol. The summed E-state index contributed by atoms with van der Waals surface area (Å²) in [4.78, 5) is 24.0. The molecule has 1 N–H and O–H groups in total. The van der Waals surface area contributed by atoms with Gasteiger partial charge in [0.2, 0.25) is 11.5 Å². The van der Waals surface area contributed by atoms with Crippen molar-refractivity contribution in [2.45, 2.75) is 43.3 Å². The van der Waals surface area contributed by atoms with E-state index in [2.05, 4.69) is 0 Å². The highest BCUT2D eigenvalue weighted by Crippen LogP contribution is 2.57. The van der Waals surface area contributed by atoms with Crippen molar-refractivity contribution in [3.63, 3.8) is 0 Å². The number of phosphoric ester groups is 1. The predicted octanol–water partition coefficient (Wildman–Crippen LogP) is 2.96. The van der Waals surface area contributed by atoms with Crippen LogP contribution >= 0.6 is 19.4 Å². The molecule has 9 nitrogen and oxygen atoms in total. The third-order valence-corrected chi connectivity index (χ3v) is 6.90. The number of carbonyl (C=O) groups is 2. The second-order valence-corrected chi connectivity index (χ2v) is 9.34. The van der Waals surface area contributed by atoms with Crippen molar-refractivity contribution < 1.29 is 55.1 Å². The summed E-state index contributed by atoms with van der Waals surface area (Å²) in [5, 5.41) is 9.56. The molecular formula is C18H15ClF4NO8P. The SMILES string of the molecule is O=C1CC(=O)N([C@@H]2O[C@@](COP3(=O)OCc4ccccc4O3)(C(F)F)C(F)(F)[C@H]2O)C=C1Cl. The van der Waals surface area contributed by atoms with Crippen LogP contribution in [-0.4, -0.2) is 58.6 Å². The molecule has 3 aliphatic heterocycles. The van der Waals surface area contributed by atoms with Crippen molar-refractivity contribution in [3.05, 3.63) is 41.1 Å². The Balaban J connectivity index is 1.60. The number of benzene rings is 1. The molecule has 0 aromatic heterocycles. The normalized spacial score (nSPS) is 33.7. The van der Waals surface area contributed by atoms with Crippen LogP contribution in [0.1, 0.15) is 12.0 Å². The Morgan fingerprint density at radius 2 is 2.00 bits per heavy atom. The largest absolute Gasteiger partial charge is 0.530 e. The van der Waals surface area contributed by atoms with Gasteiger partial charge in [-0.25, -0.2) is 13.3 Å². The zero-order valence-corrected chi connectivity index (χ0v) is 18.0. The van der Waals surface area contributed by atoms with Crippen molar-refractivity contribution in [3.8, 4) is 5.75 Å². The first-order chi connectivity index (χ1) is 15.4. The van der Waals surface area contributed by atoms with Gasteiger partial charge in [0, 0.05) is 11.8 Å². The van der Waals surface area contributed by atoms with Gasteiger partial charge in [-0.2, -0.15) is 8.78 Å². The summed E-state index contributed by atoms with van der Waals surface area (Å²) in [6.07, 6.45) is -9.54. The third kappa shape index (κ3) is 3.96. The first-order valence-electron chi connectivity index (χ1n) is 9.30. The molecule has 0 bridgehead atoms. The first-order valence-corrected chi connectivity index (χ1v) is 11.1. The zero-order valence-electron chi connectivity index (χ0n) is 16.3. The summed E-state index contributed by atoms with van der Waals surface area (Å²) >= 11 is 5.63. The molecule has 1 aromatic rings. The summed E-state index contributed by atoms with van der Waals surface area (Å²) in [6, 6.07) is 6.09. The van der Waals surface area contributed by atoms with Gasteiger partial charge in [-0.1, -0.05) is 29.8 Å². The smallest absolute Gasteiger partial charge is 0.404 e. The van der Waals surface area contributed by atoms with Crippen LogP contribution in [0, 0.1) is 0 Å². The van der Waals surface area contributed by atoms with Gasteiger partial charge in [0.25, 0.3) is 6.43 Å². The van der Waals surface area contributed by atoms with Gasteiger partial charge in [0.05, 0.1) is 13.0 Å². The number of alkyl halides is 4. The van der Waals surface area contributed by atoms with Crippen molar-refractivity contribution in [2.75, 3.05) is 6.61 Å². The van der Waals surface area contributed by atoms with Crippen LogP contribution in [0.3, 0.4) is 0 Å². The lowest BCUT2D eigenvalue weighted by atomic mass is 9.95. The van der Waals surface area contributed by atoms with Crippen LogP contribution in [-0.2, 0) is 34.5 Å².